The Labute approximate surface area is 146 Å². The van der Waals surface area contributed by atoms with E-state index in [1.165, 1.54) is 18.2 Å². The Morgan fingerprint density at radius 3 is 2.69 bits per heavy atom. The van der Waals surface area contributed by atoms with Gasteiger partial charge in [0, 0.05) is 6.54 Å². The van der Waals surface area contributed by atoms with Crippen LogP contribution in [-0.4, -0.2) is 25.7 Å². The molecule has 0 aliphatic carbocycles. The maximum atomic E-state index is 12.4. The molecule has 26 heavy (non-hydrogen) atoms. The maximum absolute atomic E-state index is 12.4. The van der Waals surface area contributed by atoms with Crippen molar-refractivity contribution in [3.63, 3.8) is 0 Å². The number of ether oxygens (including phenoxy) is 3. The molecule has 0 bridgehead atoms. The molecule has 3 rings (SSSR count). The van der Waals surface area contributed by atoms with Gasteiger partial charge in [-0.1, -0.05) is 18.2 Å². The summed E-state index contributed by atoms with van der Waals surface area (Å²) in [5.74, 6) is 0.830. The highest BCUT2D eigenvalue weighted by Crippen LogP contribution is 2.32. The van der Waals surface area contributed by atoms with Gasteiger partial charge in [-0.3, -0.25) is 0 Å². The van der Waals surface area contributed by atoms with Crippen molar-refractivity contribution in [3.8, 4) is 17.2 Å². The van der Waals surface area contributed by atoms with Gasteiger partial charge in [0.25, 0.3) is 0 Å². The van der Waals surface area contributed by atoms with Crippen LogP contribution in [0.4, 0.5) is 23.7 Å². The number of carbonyl (C=O) groups excluding carboxylic acids is 1. The second-order valence-corrected chi connectivity index (χ2v) is 5.36. The summed E-state index contributed by atoms with van der Waals surface area (Å²) in [7, 11) is 0. The SMILES string of the molecule is O=C(NCCc1ccc2c(c1)OCO2)Nc1ccccc1OC(F)(F)F. The van der Waals surface area contributed by atoms with E-state index in [2.05, 4.69) is 15.4 Å². The predicted molar refractivity (Wildman–Crippen MR) is 86.4 cm³/mol. The number of fused-ring (bicyclic) bond motifs is 1. The van der Waals surface area contributed by atoms with Gasteiger partial charge in [-0.2, -0.15) is 0 Å². The molecule has 2 aromatic carbocycles. The van der Waals surface area contributed by atoms with Gasteiger partial charge in [0.2, 0.25) is 6.79 Å². The van der Waals surface area contributed by atoms with E-state index in [-0.39, 0.29) is 19.0 Å². The number of halogens is 3. The van der Waals surface area contributed by atoms with Crippen LogP contribution in [0.25, 0.3) is 0 Å². The van der Waals surface area contributed by atoms with E-state index in [0.29, 0.717) is 17.9 Å². The fourth-order valence-electron chi connectivity index (χ4n) is 2.37. The molecule has 9 heteroatoms. The van der Waals surface area contributed by atoms with Crippen molar-refractivity contribution in [2.45, 2.75) is 12.8 Å². The molecule has 0 saturated heterocycles. The van der Waals surface area contributed by atoms with E-state index in [4.69, 9.17) is 9.47 Å². The first-order valence-corrected chi connectivity index (χ1v) is 7.69. The number of carbonyl (C=O) groups is 1. The lowest BCUT2D eigenvalue weighted by molar-refractivity contribution is -0.274. The standard InChI is InChI=1S/C17H15F3N2O4/c18-17(19,20)26-13-4-2-1-3-12(13)22-16(23)21-8-7-11-5-6-14-15(9-11)25-10-24-14/h1-6,9H,7-8,10H2,(H2,21,22,23). The Kier molecular flexibility index (Phi) is 5.06. The van der Waals surface area contributed by atoms with E-state index in [0.717, 1.165) is 11.6 Å². The van der Waals surface area contributed by atoms with Crippen molar-refractivity contribution in [3.05, 3.63) is 48.0 Å². The predicted octanol–water partition coefficient (Wildman–Crippen LogP) is 3.68. The fraction of sp³-hybridized carbons (Fsp3) is 0.235. The van der Waals surface area contributed by atoms with E-state index in [9.17, 15) is 18.0 Å². The third-order valence-corrected chi connectivity index (χ3v) is 3.50. The van der Waals surface area contributed by atoms with Crippen LogP contribution in [-0.2, 0) is 6.42 Å². The third kappa shape index (κ3) is 4.71. The van der Waals surface area contributed by atoms with Crippen molar-refractivity contribution in [2.24, 2.45) is 0 Å². The van der Waals surface area contributed by atoms with E-state index >= 15 is 0 Å². The minimum Gasteiger partial charge on any atom is -0.454 e. The first-order chi connectivity index (χ1) is 12.4. The van der Waals surface area contributed by atoms with Gasteiger partial charge in [-0.05, 0) is 36.2 Å². The fourth-order valence-corrected chi connectivity index (χ4v) is 2.37. The van der Waals surface area contributed by atoms with Crippen LogP contribution in [0.5, 0.6) is 17.2 Å². The number of urea groups is 1. The van der Waals surface area contributed by atoms with Crippen LogP contribution in [0, 0.1) is 0 Å². The summed E-state index contributed by atoms with van der Waals surface area (Å²) < 4.78 is 51.5. The number of para-hydroxylation sites is 2. The van der Waals surface area contributed by atoms with Gasteiger partial charge in [0.1, 0.15) is 0 Å². The van der Waals surface area contributed by atoms with Crippen LogP contribution in [0.1, 0.15) is 5.56 Å². The Morgan fingerprint density at radius 2 is 1.88 bits per heavy atom. The minimum atomic E-state index is -4.84. The number of anilines is 1. The van der Waals surface area contributed by atoms with Gasteiger partial charge < -0.3 is 24.8 Å². The molecule has 138 valence electrons. The molecule has 0 spiro atoms. The number of hydrogen-bond acceptors (Lipinski definition) is 4. The molecule has 2 aromatic rings. The summed E-state index contributed by atoms with van der Waals surface area (Å²) >= 11 is 0. The normalized spacial score (nSPS) is 12.6. The molecule has 0 atom stereocenters. The second-order valence-electron chi connectivity index (χ2n) is 5.36. The first-order valence-electron chi connectivity index (χ1n) is 7.69. The van der Waals surface area contributed by atoms with Crippen LogP contribution in [0.15, 0.2) is 42.5 Å². The van der Waals surface area contributed by atoms with Crippen molar-refractivity contribution in [2.75, 3.05) is 18.7 Å². The largest absolute Gasteiger partial charge is 0.573 e. The third-order valence-electron chi connectivity index (χ3n) is 3.50. The number of hydrogen-bond donors (Lipinski definition) is 2. The Morgan fingerprint density at radius 1 is 1.12 bits per heavy atom. The molecule has 1 aliphatic heterocycles. The molecule has 0 saturated carbocycles. The minimum absolute atomic E-state index is 0.0783. The molecule has 1 aliphatic rings. The topological polar surface area (TPSA) is 68.8 Å². The summed E-state index contributed by atoms with van der Waals surface area (Å²) in [4.78, 5) is 11.9. The number of rotatable bonds is 5. The monoisotopic (exact) mass is 368 g/mol. The lowest BCUT2D eigenvalue weighted by Gasteiger charge is -2.14. The quantitative estimate of drug-likeness (QED) is 0.845. The summed E-state index contributed by atoms with van der Waals surface area (Å²) in [6, 6.07) is 10.1. The van der Waals surface area contributed by atoms with E-state index in [1.54, 1.807) is 6.07 Å². The van der Waals surface area contributed by atoms with Crippen molar-refractivity contribution in [1.82, 2.24) is 5.32 Å². The van der Waals surface area contributed by atoms with Crippen LogP contribution < -0.4 is 24.8 Å². The zero-order chi connectivity index (χ0) is 18.6. The van der Waals surface area contributed by atoms with Gasteiger partial charge in [0.05, 0.1) is 5.69 Å². The molecule has 6 nitrogen and oxygen atoms in total. The molecule has 0 aromatic heterocycles. The second kappa shape index (κ2) is 7.42. The average Bonchev–Trinajstić information content (AvgIpc) is 3.03. The highest BCUT2D eigenvalue weighted by Gasteiger charge is 2.32. The smallest absolute Gasteiger partial charge is 0.454 e. The van der Waals surface area contributed by atoms with Gasteiger partial charge in [-0.25, -0.2) is 4.79 Å². The number of amides is 2. The molecular formula is C17H15F3N2O4. The number of nitrogens with one attached hydrogen (secondary N) is 2. The van der Waals surface area contributed by atoms with Gasteiger partial charge in [-0.15, -0.1) is 13.2 Å². The number of benzene rings is 2. The maximum Gasteiger partial charge on any atom is 0.573 e. The summed E-state index contributed by atoms with van der Waals surface area (Å²) in [5, 5.41) is 4.92. The number of alkyl halides is 3. The summed E-state index contributed by atoms with van der Waals surface area (Å²) in [6.45, 7) is 0.465. The molecule has 0 radical (unpaired) electrons. The van der Waals surface area contributed by atoms with Gasteiger partial charge in [0.15, 0.2) is 17.2 Å². The lowest BCUT2D eigenvalue weighted by Crippen LogP contribution is -2.31. The van der Waals surface area contributed by atoms with Gasteiger partial charge >= 0.3 is 12.4 Å². The Bertz CT molecular complexity index is 796. The molecule has 2 N–H and O–H groups in total. The Hall–Kier alpha value is -3.10. The van der Waals surface area contributed by atoms with Crippen molar-refractivity contribution < 1.29 is 32.2 Å². The molecular weight excluding hydrogens is 353 g/mol. The van der Waals surface area contributed by atoms with E-state index in [1.807, 2.05) is 12.1 Å². The van der Waals surface area contributed by atoms with Crippen molar-refractivity contribution in [1.29, 1.82) is 0 Å². The summed E-state index contributed by atoms with van der Waals surface area (Å²) in [6.07, 6.45) is -4.32. The molecule has 0 fully saturated rings. The van der Waals surface area contributed by atoms with Crippen LogP contribution in [0.3, 0.4) is 0 Å². The summed E-state index contributed by atoms with van der Waals surface area (Å²) in [5.41, 5.74) is 0.848. The molecule has 0 unspecified atom stereocenters. The zero-order valence-corrected chi connectivity index (χ0v) is 13.4. The molecule has 2 amide bonds. The van der Waals surface area contributed by atoms with E-state index < -0.39 is 18.1 Å². The lowest BCUT2D eigenvalue weighted by atomic mass is 10.1. The first kappa shape index (κ1) is 17.7. The van der Waals surface area contributed by atoms with Crippen LogP contribution in [0.2, 0.25) is 0 Å². The van der Waals surface area contributed by atoms with Crippen molar-refractivity contribution >= 4 is 11.7 Å². The zero-order valence-electron chi connectivity index (χ0n) is 13.4. The average molecular weight is 368 g/mol. The highest BCUT2D eigenvalue weighted by atomic mass is 19.4. The Balaban J connectivity index is 1.52. The highest BCUT2D eigenvalue weighted by molar-refractivity contribution is 5.90. The van der Waals surface area contributed by atoms with Crippen LogP contribution >= 0.6 is 0 Å². The molecule has 1 heterocycles.